The van der Waals surface area contributed by atoms with Gasteiger partial charge in [-0.25, -0.2) is 0 Å². The standard InChI is InChI=1S/C12H25N2O2.Na/c1-13(2)9-7-11-14(3,4)10-6-5-8-12(15)16;/h8H,5-7,9-11H2,1-4H3;/p+1. The number of carbonyl (C=O) groups is 1. The van der Waals surface area contributed by atoms with Crippen LogP contribution in [-0.2, 0) is 4.79 Å². The molecule has 0 aliphatic carbocycles. The Morgan fingerprint density at radius 2 is 1.82 bits per heavy atom. The Kier molecular flexibility index (Phi) is 8.68. The Labute approximate surface area is 123 Å². The molecule has 0 saturated carbocycles. The van der Waals surface area contributed by atoms with Gasteiger partial charge in [0.25, 0.3) is 0 Å². The zero-order valence-electron chi connectivity index (χ0n) is 12.1. The number of hydrogen-bond donors (Lipinski definition) is 1. The van der Waals surface area contributed by atoms with E-state index in [9.17, 15) is 4.79 Å². The van der Waals surface area contributed by atoms with Crippen molar-refractivity contribution >= 4 is 33.9 Å². The molecule has 4 nitrogen and oxygen atoms in total. The van der Waals surface area contributed by atoms with E-state index in [4.69, 9.17) is 5.11 Å². The number of aliphatic carboxylic acids is 1. The first-order chi connectivity index (χ1) is 7.74. The summed E-state index contributed by atoms with van der Waals surface area (Å²) < 4.78 is 0.929. The van der Waals surface area contributed by atoms with Crippen LogP contribution < -0.4 is 0 Å². The van der Waals surface area contributed by atoms with Gasteiger partial charge in [-0.15, -0.1) is 0 Å². The van der Waals surface area contributed by atoms with Crippen molar-refractivity contribution in [2.24, 2.45) is 0 Å². The van der Waals surface area contributed by atoms with Gasteiger partial charge in [-0.2, -0.15) is 0 Å². The molecule has 0 rings (SSSR count). The number of carboxylic acids is 1. The molecular formula is C12H26N2NaO2+. The van der Waals surface area contributed by atoms with Crippen LogP contribution in [0.4, 0.5) is 0 Å². The van der Waals surface area contributed by atoms with Crippen LogP contribution in [0.3, 0.4) is 0 Å². The maximum atomic E-state index is 10.7. The number of quaternary nitrogens is 1. The monoisotopic (exact) mass is 253 g/mol. The second-order valence-corrected chi connectivity index (χ2v) is 7.32. The predicted molar refractivity (Wildman–Crippen MR) is 71.4 cm³/mol. The summed E-state index contributed by atoms with van der Waals surface area (Å²) in [5.41, 5.74) is 0. The van der Waals surface area contributed by atoms with Crippen molar-refractivity contribution in [3.63, 3.8) is 0 Å². The van der Waals surface area contributed by atoms with Crippen molar-refractivity contribution in [2.75, 3.05) is 47.8 Å². The van der Waals surface area contributed by atoms with E-state index >= 15 is 0 Å². The molecular weight excluding hydrogens is 227 g/mol. The van der Waals surface area contributed by atoms with Crippen molar-refractivity contribution < 1.29 is 14.4 Å². The average Bonchev–Trinajstić information content (AvgIpc) is 2.15. The van der Waals surface area contributed by atoms with Gasteiger partial charge in [0, 0.05) is 0 Å². The van der Waals surface area contributed by atoms with Crippen molar-refractivity contribution in [1.82, 2.24) is 4.90 Å². The summed E-state index contributed by atoms with van der Waals surface area (Å²) in [4.78, 5) is 12.9. The van der Waals surface area contributed by atoms with Crippen LogP contribution in [0.15, 0.2) is 0 Å². The van der Waals surface area contributed by atoms with E-state index < -0.39 is 5.97 Å². The Hall–Kier alpha value is 0.390. The predicted octanol–water partition coefficient (Wildman–Crippen LogP) is 0.836. The first-order valence-electron chi connectivity index (χ1n) is 6.44. The summed E-state index contributed by atoms with van der Waals surface area (Å²) in [6.45, 7) is 3.37. The van der Waals surface area contributed by atoms with Gasteiger partial charge in [0.2, 0.25) is 0 Å². The fourth-order valence-corrected chi connectivity index (χ4v) is 2.28. The van der Waals surface area contributed by atoms with Crippen LogP contribution >= 0.6 is 0 Å². The number of rotatable bonds is 9. The molecule has 17 heavy (non-hydrogen) atoms. The summed E-state index contributed by atoms with van der Waals surface area (Å²) in [6.07, 6.45) is 3.07. The molecule has 0 bridgehead atoms. The molecule has 0 aromatic heterocycles. The second kappa shape index (κ2) is 8.48. The first kappa shape index (κ1) is 17.4. The number of carboxylic acid groups (broad SMARTS) is 1. The SMILES string of the molecule is CN(C)CCC[N+](C)(C)CCC[CH]([Na])C(=O)O. The molecule has 5 heteroatoms. The molecule has 96 valence electrons. The fraction of sp³-hybridized carbons (Fsp3) is 0.917. The minimum atomic E-state index is -0.616. The third kappa shape index (κ3) is 10.0. The fourth-order valence-electron chi connectivity index (χ4n) is 1.88. The van der Waals surface area contributed by atoms with E-state index in [1.807, 2.05) is 0 Å². The Bertz CT molecular complexity index is 233. The zero-order chi connectivity index (χ0) is 13.5. The minimum absolute atomic E-state index is 0.0724. The second-order valence-electron chi connectivity index (χ2n) is 5.92. The summed E-state index contributed by atoms with van der Waals surface area (Å²) in [6, 6.07) is 0. The maximum absolute atomic E-state index is 10.7. The van der Waals surface area contributed by atoms with Gasteiger partial charge in [-0.05, 0) is 0 Å². The van der Waals surface area contributed by atoms with E-state index in [0.29, 0.717) is 0 Å². The summed E-state index contributed by atoms with van der Waals surface area (Å²) in [5.74, 6) is -0.616. The molecule has 1 N–H and O–H groups in total. The molecule has 0 fully saturated rings. The van der Waals surface area contributed by atoms with Crippen LogP contribution in [0.1, 0.15) is 19.3 Å². The molecule has 1 unspecified atom stereocenters. The molecule has 0 radical (unpaired) electrons. The van der Waals surface area contributed by atoms with Crippen molar-refractivity contribution in [1.29, 1.82) is 0 Å². The van der Waals surface area contributed by atoms with Gasteiger partial charge in [-0.1, -0.05) is 0 Å². The quantitative estimate of drug-likeness (QED) is 0.489. The molecule has 0 saturated heterocycles. The van der Waals surface area contributed by atoms with Gasteiger partial charge in [0.15, 0.2) is 0 Å². The van der Waals surface area contributed by atoms with Gasteiger partial charge in [0.05, 0.1) is 0 Å². The van der Waals surface area contributed by atoms with Crippen LogP contribution in [0.5, 0.6) is 0 Å². The van der Waals surface area contributed by atoms with Gasteiger partial charge in [0.1, 0.15) is 0 Å². The third-order valence-corrected chi connectivity index (χ3v) is 4.26. The van der Waals surface area contributed by atoms with Crippen LogP contribution in [-0.4, -0.2) is 96.2 Å². The van der Waals surface area contributed by atoms with Crippen molar-refractivity contribution in [3.8, 4) is 0 Å². The first-order valence-corrected chi connectivity index (χ1v) is 7.59. The Balaban J connectivity index is 3.73. The van der Waals surface area contributed by atoms with E-state index in [2.05, 4.69) is 33.1 Å². The Morgan fingerprint density at radius 3 is 2.29 bits per heavy atom. The molecule has 0 heterocycles. The van der Waals surface area contributed by atoms with E-state index in [1.165, 1.54) is 6.42 Å². The van der Waals surface area contributed by atoms with Gasteiger partial charge < -0.3 is 0 Å². The third-order valence-electron chi connectivity index (χ3n) is 3.19. The Morgan fingerprint density at radius 1 is 1.29 bits per heavy atom. The molecule has 0 spiro atoms. The zero-order valence-corrected chi connectivity index (χ0v) is 14.1. The summed E-state index contributed by atoms with van der Waals surface area (Å²) in [5, 5.41) is 8.84. The molecule has 0 aromatic rings. The van der Waals surface area contributed by atoms with Crippen LogP contribution in [0.2, 0.25) is 3.17 Å². The average molecular weight is 253 g/mol. The van der Waals surface area contributed by atoms with E-state index in [-0.39, 0.29) is 3.17 Å². The molecule has 0 aliphatic rings. The number of nitrogens with zero attached hydrogens (tertiary/aromatic N) is 2. The van der Waals surface area contributed by atoms with Crippen LogP contribution in [0, 0.1) is 0 Å². The molecule has 0 aromatic carbocycles. The summed E-state index contributed by atoms with van der Waals surface area (Å²) >= 11 is 0.762. The topological polar surface area (TPSA) is 40.5 Å². The molecule has 0 amide bonds. The number of hydrogen-bond acceptors (Lipinski definition) is 2. The van der Waals surface area contributed by atoms with E-state index in [0.717, 1.165) is 64.9 Å². The van der Waals surface area contributed by atoms with Crippen LogP contribution in [0.25, 0.3) is 0 Å². The van der Waals surface area contributed by atoms with Gasteiger partial charge in [-0.3, -0.25) is 0 Å². The van der Waals surface area contributed by atoms with Gasteiger partial charge >= 0.3 is 123 Å². The van der Waals surface area contributed by atoms with E-state index in [1.54, 1.807) is 0 Å². The normalized spacial score (nSPS) is 14.1. The molecule has 0 aliphatic heterocycles. The van der Waals surface area contributed by atoms with Crippen molar-refractivity contribution in [2.45, 2.75) is 22.4 Å². The molecule has 1 atom stereocenters. The summed E-state index contributed by atoms with van der Waals surface area (Å²) in [7, 11) is 8.66. The van der Waals surface area contributed by atoms with Crippen molar-refractivity contribution in [3.05, 3.63) is 0 Å².